The fraction of sp³-hybridized carbons (Fsp3) is 0.300. The van der Waals surface area contributed by atoms with Crippen LogP contribution in [0.2, 0.25) is 0 Å². The first kappa shape index (κ1) is 20.4. The van der Waals surface area contributed by atoms with Crippen molar-refractivity contribution >= 4 is 11.9 Å². The monoisotopic (exact) mass is 378 g/mol. The predicted molar refractivity (Wildman–Crippen MR) is 94.0 cm³/mol. The van der Waals surface area contributed by atoms with Gasteiger partial charge in [-0.05, 0) is 50.6 Å². The highest BCUT2D eigenvalue weighted by molar-refractivity contribution is 5.90. The molecular weight excluding hydrogens is 358 g/mol. The van der Waals surface area contributed by atoms with Crippen molar-refractivity contribution < 1.29 is 33.0 Å². The first-order chi connectivity index (χ1) is 12.5. The van der Waals surface area contributed by atoms with Gasteiger partial charge in [-0.15, -0.1) is 0 Å². The lowest BCUT2D eigenvalue weighted by atomic mass is 10.0. The molecule has 2 rings (SSSR count). The molecule has 0 saturated carbocycles. The van der Waals surface area contributed by atoms with E-state index in [1.54, 1.807) is 6.07 Å². The minimum Gasteiger partial charge on any atom is -0.488 e. The molecule has 0 fully saturated rings. The number of benzene rings is 2. The van der Waals surface area contributed by atoms with Crippen molar-refractivity contribution in [3.63, 3.8) is 0 Å². The maximum absolute atomic E-state index is 14.1. The molecule has 0 aliphatic heterocycles. The number of hydrogen-bond acceptors (Lipinski definition) is 4. The zero-order valence-electron chi connectivity index (χ0n) is 15.1. The Morgan fingerprint density at radius 2 is 1.52 bits per heavy atom. The Bertz CT molecular complexity index is 795. The number of carboxylic acids is 1. The van der Waals surface area contributed by atoms with Gasteiger partial charge in [0.15, 0.2) is 0 Å². The number of halogens is 2. The molecule has 2 aromatic carbocycles. The second-order valence-electron chi connectivity index (χ2n) is 6.86. The lowest BCUT2D eigenvalue weighted by Crippen LogP contribution is -2.38. The van der Waals surface area contributed by atoms with Crippen molar-refractivity contribution in [3.8, 4) is 5.75 Å². The third-order valence-electron chi connectivity index (χ3n) is 3.46. The van der Waals surface area contributed by atoms with Crippen LogP contribution < -0.4 is 4.74 Å². The molecule has 1 atom stereocenters. The SMILES string of the molecule is CC(C)(C)Oc1ccc(C(=O)OC(c2ccccc2)C(F)(F)C(=O)O)cc1. The molecule has 0 amide bonds. The Balaban J connectivity index is 2.25. The van der Waals surface area contributed by atoms with Crippen LogP contribution in [0.3, 0.4) is 0 Å². The van der Waals surface area contributed by atoms with Gasteiger partial charge in [0.2, 0.25) is 6.10 Å². The van der Waals surface area contributed by atoms with Crippen LogP contribution in [0.4, 0.5) is 8.78 Å². The summed E-state index contributed by atoms with van der Waals surface area (Å²) in [6.45, 7) is 5.56. The van der Waals surface area contributed by atoms with E-state index >= 15 is 0 Å². The Morgan fingerprint density at radius 3 is 2.00 bits per heavy atom. The van der Waals surface area contributed by atoms with Crippen LogP contribution in [-0.2, 0) is 9.53 Å². The van der Waals surface area contributed by atoms with Gasteiger partial charge in [-0.25, -0.2) is 9.59 Å². The lowest BCUT2D eigenvalue weighted by molar-refractivity contribution is -0.183. The Kier molecular flexibility index (Phi) is 5.83. The van der Waals surface area contributed by atoms with Gasteiger partial charge in [0, 0.05) is 0 Å². The minimum absolute atomic E-state index is 0.00150. The number of carbonyl (C=O) groups excluding carboxylic acids is 1. The maximum Gasteiger partial charge on any atom is 0.382 e. The second kappa shape index (κ2) is 7.73. The van der Waals surface area contributed by atoms with Crippen LogP contribution in [0, 0.1) is 0 Å². The molecule has 0 saturated heterocycles. The van der Waals surface area contributed by atoms with Crippen LogP contribution in [0.1, 0.15) is 42.8 Å². The highest BCUT2D eigenvalue weighted by Crippen LogP contribution is 2.35. The smallest absolute Gasteiger partial charge is 0.382 e. The first-order valence-electron chi connectivity index (χ1n) is 8.17. The zero-order chi connectivity index (χ0) is 20.2. The van der Waals surface area contributed by atoms with E-state index in [9.17, 15) is 18.4 Å². The second-order valence-corrected chi connectivity index (χ2v) is 6.86. The molecule has 1 N–H and O–H groups in total. The van der Waals surface area contributed by atoms with E-state index in [0.29, 0.717) is 5.75 Å². The van der Waals surface area contributed by atoms with E-state index in [2.05, 4.69) is 0 Å². The zero-order valence-corrected chi connectivity index (χ0v) is 15.1. The topological polar surface area (TPSA) is 72.8 Å². The molecular formula is C20H20F2O5. The fourth-order valence-corrected chi connectivity index (χ4v) is 2.28. The van der Waals surface area contributed by atoms with Gasteiger partial charge in [-0.2, -0.15) is 8.78 Å². The van der Waals surface area contributed by atoms with Crippen LogP contribution in [0.5, 0.6) is 5.75 Å². The number of aliphatic carboxylic acids is 1. The molecule has 27 heavy (non-hydrogen) atoms. The van der Waals surface area contributed by atoms with Crippen molar-refractivity contribution in [2.24, 2.45) is 0 Å². The molecule has 1 unspecified atom stereocenters. The minimum atomic E-state index is -4.29. The normalized spacial score (nSPS) is 12.9. The van der Waals surface area contributed by atoms with E-state index in [1.807, 2.05) is 20.8 Å². The Labute approximate surface area is 155 Å². The average Bonchev–Trinajstić information content (AvgIpc) is 2.59. The number of rotatable bonds is 6. The highest BCUT2D eigenvalue weighted by atomic mass is 19.3. The van der Waals surface area contributed by atoms with E-state index in [-0.39, 0.29) is 11.1 Å². The van der Waals surface area contributed by atoms with Crippen LogP contribution >= 0.6 is 0 Å². The lowest BCUT2D eigenvalue weighted by Gasteiger charge is -2.24. The Hall–Kier alpha value is -2.96. The molecule has 2 aromatic rings. The van der Waals surface area contributed by atoms with Crippen molar-refractivity contribution in [2.45, 2.75) is 38.4 Å². The van der Waals surface area contributed by atoms with Gasteiger partial charge in [0.05, 0.1) is 5.56 Å². The number of carbonyl (C=O) groups is 2. The van der Waals surface area contributed by atoms with E-state index in [1.165, 1.54) is 48.5 Å². The molecule has 0 radical (unpaired) electrons. The molecule has 0 spiro atoms. The van der Waals surface area contributed by atoms with Crippen molar-refractivity contribution in [2.75, 3.05) is 0 Å². The Morgan fingerprint density at radius 1 is 0.963 bits per heavy atom. The van der Waals surface area contributed by atoms with E-state index in [4.69, 9.17) is 14.6 Å². The molecule has 0 aromatic heterocycles. The maximum atomic E-state index is 14.1. The molecule has 0 aliphatic carbocycles. The number of hydrogen-bond donors (Lipinski definition) is 1. The van der Waals surface area contributed by atoms with Gasteiger partial charge in [0.1, 0.15) is 11.4 Å². The first-order valence-corrected chi connectivity index (χ1v) is 8.17. The average molecular weight is 378 g/mol. The molecule has 0 bridgehead atoms. The van der Waals surface area contributed by atoms with E-state index in [0.717, 1.165) is 0 Å². The number of carboxylic acid groups (broad SMARTS) is 1. The van der Waals surface area contributed by atoms with Crippen LogP contribution in [-0.4, -0.2) is 28.6 Å². The number of esters is 1. The summed E-state index contributed by atoms with van der Waals surface area (Å²) in [6.07, 6.45) is -2.26. The summed E-state index contributed by atoms with van der Waals surface area (Å²) >= 11 is 0. The third-order valence-corrected chi connectivity index (χ3v) is 3.46. The van der Waals surface area contributed by atoms with Crippen LogP contribution in [0.25, 0.3) is 0 Å². The molecule has 7 heteroatoms. The quantitative estimate of drug-likeness (QED) is 0.750. The van der Waals surface area contributed by atoms with Gasteiger partial charge in [-0.1, -0.05) is 30.3 Å². The van der Waals surface area contributed by atoms with E-state index < -0.39 is 29.6 Å². The van der Waals surface area contributed by atoms with Gasteiger partial charge >= 0.3 is 17.9 Å². The third kappa shape index (κ3) is 5.26. The summed E-state index contributed by atoms with van der Waals surface area (Å²) in [5.41, 5.74) is -0.562. The largest absolute Gasteiger partial charge is 0.488 e. The van der Waals surface area contributed by atoms with Crippen LogP contribution in [0.15, 0.2) is 54.6 Å². The number of ether oxygens (including phenoxy) is 2. The molecule has 5 nitrogen and oxygen atoms in total. The van der Waals surface area contributed by atoms with Gasteiger partial charge in [0.25, 0.3) is 0 Å². The van der Waals surface area contributed by atoms with Gasteiger partial charge < -0.3 is 14.6 Å². The fourth-order valence-electron chi connectivity index (χ4n) is 2.28. The summed E-state index contributed by atoms with van der Waals surface area (Å²) in [5.74, 6) is -7.23. The summed E-state index contributed by atoms with van der Waals surface area (Å²) in [4.78, 5) is 23.3. The summed E-state index contributed by atoms with van der Waals surface area (Å²) in [6, 6.07) is 12.8. The van der Waals surface area contributed by atoms with Crippen molar-refractivity contribution in [1.29, 1.82) is 0 Å². The van der Waals surface area contributed by atoms with Gasteiger partial charge in [-0.3, -0.25) is 0 Å². The molecule has 0 aliphatic rings. The standard InChI is InChI=1S/C20H20F2O5/c1-19(2,3)27-15-11-9-14(10-12-15)17(23)26-16(20(21,22)18(24)25)13-7-5-4-6-8-13/h4-12,16H,1-3H3,(H,24,25). The predicted octanol–water partition coefficient (Wildman–Crippen LogP) is 4.48. The summed E-state index contributed by atoms with van der Waals surface area (Å²) in [7, 11) is 0. The summed E-state index contributed by atoms with van der Waals surface area (Å²) in [5, 5.41) is 8.84. The highest BCUT2D eigenvalue weighted by Gasteiger charge is 2.51. The molecule has 144 valence electrons. The van der Waals surface area contributed by atoms with Crippen molar-refractivity contribution in [1.82, 2.24) is 0 Å². The summed E-state index contributed by atoms with van der Waals surface area (Å²) < 4.78 is 38.8. The number of alkyl halides is 2. The van der Waals surface area contributed by atoms with Crippen molar-refractivity contribution in [3.05, 3.63) is 65.7 Å². The molecule has 0 heterocycles.